The van der Waals surface area contributed by atoms with Crippen LogP contribution in [0.3, 0.4) is 0 Å². The van der Waals surface area contributed by atoms with Gasteiger partial charge in [-0.15, -0.1) is 11.3 Å². The van der Waals surface area contributed by atoms with Crippen molar-refractivity contribution in [1.82, 2.24) is 15.0 Å². The van der Waals surface area contributed by atoms with Gasteiger partial charge in [0.1, 0.15) is 15.9 Å². The number of ether oxygens (including phenoxy) is 2. The molecule has 3 rings (SSSR count). The molecule has 0 fully saturated rings. The van der Waals surface area contributed by atoms with Crippen molar-refractivity contribution >= 4 is 23.1 Å². The van der Waals surface area contributed by atoms with E-state index in [1.807, 2.05) is 38.1 Å². The van der Waals surface area contributed by atoms with E-state index in [0.29, 0.717) is 11.5 Å². The molecule has 2 aromatic heterocycles. The van der Waals surface area contributed by atoms with Gasteiger partial charge in [0.25, 0.3) is 0 Å². The van der Waals surface area contributed by atoms with Crippen LogP contribution >= 0.6 is 23.1 Å². The van der Waals surface area contributed by atoms with Crippen LogP contribution in [0.15, 0.2) is 34.7 Å². The summed E-state index contributed by atoms with van der Waals surface area (Å²) in [5.74, 6) is 2.97. The Balaban J connectivity index is 1.79. The van der Waals surface area contributed by atoms with Crippen LogP contribution < -0.4 is 9.47 Å². The van der Waals surface area contributed by atoms with Crippen LogP contribution in [-0.4, -0.2) is 29.2 Å². The van der Waals surface area contributed by atoms with Crippen molar-refractivity contribution in [2.45, 2.75) is 24.6 Å². The molecular formula is C18H19N3O2S2. The smallest absolute Gasteiger partial charge is 0.170 e. The molecule has 130 valence electrons. The average Bonchev–Trinajstić information content (AvgIpc) is 3.07. The maximum Gasteiger partial charge on any atom is 0.170 e. The van der Waals surface area contributed by atoms with Gasteiger partial charge in [-0.3, -0.25) is 0 Å². The average molecular weight is 374 g/mol. The van der Waals surface area contributed by atoms with Crippen molar-refractivity contribution in [3.8, 4) is 22.1 Å². The lowest BCUT2D eigenvalue weighted by Crippen LogP contribution is -1.94. The molecule has 2 heterocycles. The first-order valence-electron chi connectivity index (χ1n) is 7.71. The van der Waals surface area contributed by atoms with Crippen LogP contribution in [-0.2, 0) is 5.75 Å². The lowest BCUT2D eigenvalue weighted by molar-refractivity contribution is 0.356. The molecule has 0 radical (unpaired) electrons. The van der Waals surface area contributed by atoms with E-state index < -0.39 is 0 Å². The molecule has 0 unspecified atom stereocenters. The fourth-order valence-corrected chi connectivity index (χ4v) is 4.30. The molecular weight excluding hydrogens is 354 g/mol. The number of benzene rings is 1. The summed E-state index contributed by atoms with van der Waals surface area (Å²) >= 11 is 3.27. The van der Waals surface area contributed by atoms with E-state index in [0.717, 1.165) is 38.6 Å². The summed E-state index contributed by atoms with van der Waals surface area (Å²) in [6.07, 6.45) is 0. The molecule has 7 heteroatoms. The molecule has 0 N–H and O–H groups in total. The Kier molecular flexibility index (Phi) is 5.55. The zero-order chi connectivity index (χ0) is 17.8. The van der Waals surface area contributed by atoms with E-state index in [1.54, 1.807) is 37.3 Å². The third-order valence-electron chi connectivity index (χ3n) is 3.50. The number of thiazole rings is 1. The van der Waals surface area contributed by atoms with Crippen molar-refractivity contribution < 1.29 is 9.47 Å². The van der Waals surface area contributed by atoms with Gasteiger partial charge in [0.05, 0.1) is 25.5 Å². The topological polar surface area (TPSA) is 57.1 Å². The zero-order valence-electron chi connectivity index (χ0n) is 14.6. The van der Waals surface area contributed by atoms with Crippen molar-refractivity contribution in [3.05, 3.63) is 46.9 Å². The second kappa shape index (κ2) is 7.84. The van der Waals surface area contributed by atoms with Gasteiger partial charge in [0.2, 0.25) is 0 Å². The van der Waals surface area contributed by atoms with Crippen molar-refractivity contribution in [3.63, 3.8) is 0 Å². The van der Waals surface area contributed by atoms with E-state index in [2.05, 4.69) is 15.3 Å². The predicted octanol–water partition coefficient (Wildman–Crippen LogP) is 4.53. The number of para-hydroxylation sites is 1. The lowest BCUT2D eigenvalue weighted by Gasteiger charge is -2.10. The van der Waals surface area contributed by atoms with Gasteiger partial charge in [0, 0.05) is 16.8 Å². The molecule has 1 aromatic carbocycles. The van der Waals surface area contributed by atoms with E-state index in [9.17, 15) is 0 Å². The van der Waals surface area contributed by atoms with Crippen LogP contribution in [0.2, 0.25) is 0 Å². The molecule has 0 amide bonds. The summed E-state index contributed by atoms with van der Waals surface area (Å²) in [7, 11) is 3.28. The molecule has 0 aliphatic heterocycles. The van der Waals surface area contributed by atoms with Gasteiger partial charge in [-0.2, -0.15) is 0 Å². The number of thioether (sulfide) groups is 1. The van der Waals surface area contributed by atoms with Crippen LogP contribution in [0.4, 0.5) is 0 Å². The third-order valence-corrected chi connectivity index (χ3v) is 5.36. The standard InChI is InChI=1S/C18H19N3O2S2/c1-11-8-16(20-12(2)19-11)24-9-13-10-25-18(21-13)14-6-5-7-15(22-3)17(14)23-4/h5-8,10H,9H2,1-4H3. The number of aromatic nitrogens is 3. The summed E-state index contributed by atoms with van der Waals surface area (Å²) in [6, 6.07) is 7.82. The second-order valence-electron chi connectivity index (χ2n) is 5.37. The number of rotatable bonds is 6. The lowest BCUT2D eigenvalue weighted by atomic mass is 10.2. The van der Waals surface area contributed by atoms with Crippen molar-refractivity contribution in [1.29, 1.82) is 0 Å². The van der Waals surface area contributed by atoms with Crippen LogP contribution in [0.1, 0.15) is 17.2 Å². The van der Waals surface area contributed by atoms with Gasteiger partial charge in [-0.25, -0.2) is 15.0 Å². The molecule has 25 heavy (non-hydrogen) atoms. The van der Waals surface area contributed by atoms with Gasteiger partial charge < -0.3 is 9.47 Å². The highest BCUT2D eigenvalue weighted by atomic mass is 32.2. The van der Waals surface area contributed by atoms with Crippen molar-refractivity contribution in [2.75, 3.05) is 14.2 Å². The first kappa shape index (κ1) is 17.7. The van der Waals surface area contributed by atoms with E-state index >= 15 is 0 Å². The van der Waals surface area contributed by atoms with Crippen LogP contribution in [0.25, 0.3) is 10.6 Å². The first-order valence-corrected chi connectivity index (χ1v) is 9.58. The molecule has 0 aliphatic carbocycles. The fraction of sp³-hybridized carbons (Fsp3) is 0.278. The summed E-state index contributed by atoms with van der Waals surface area (Å²) in [6.45, 7) is 3.89. The Morgan fingerprint density at radius 2 is 1.92 bits per heavy atom. The molecule has 0 bridgehead atoms. The number of aryl methyl sites for hydroxylation is 2. The zero-order valence-corrected chi connectivity index (χ0v) is 16.2. The van der Waals surface area contributed by atoms with Gasteiger partial charge in [0.15, 0.2) is 11.5 Å². The monoisotopic (exact) mass is 373 g/mol. The summed E-state index contributed by atoms with van der Waals surface area (Å²) < 4.78 is 10.9. The normalized spacial score (nSPS) is 10.7. The first-order chi connectivity index (χ1) is 12.1. The summed E-state index contributed by atoms with van der Waals surface area (Å²) in [5, 5.41) is 3.96. The highest BCUT2D eigenvalue weighted by Gasteiger charge is 2.14. The Morgan fingerprint density at radius 1 is 1.08 bits per heavy atom. The van der Waals surface area contributed by atoms with Gasteiger partial charge in [-0.05, 0) is 32.0 Å². The molecule has 0 spiro atoms. The SMILES string of the molecule is COc1cccc(-c2nc(CSc3cc(C)nc(C)n3)cs2)c1OC. The predicted molar refractivity (Wildman–Crippen MR) is 102 cm³/mol. The number of nitrogens with zero attached hydrogens (tertiary/aromatic N) is 3. The van der Waals surface area contributed by atoms with Crippen LogP contribution in [0, 0.1) is 13.8 Å². The van der Waals surface area contributed by atoms with E-state index in [1.165, 1.54) is 0 Å². The molecule has 0 saturated heterocycles. The minimum atomic E-state index is 0.707. The highest BCUT2D eigenvalue weighted by Crippen LogP contribution is 2.39. The molecule has 0 atom stereocenters. The molecule has 5 nitrogen and oxygen atoms in total. The summed E-state index contributed by atoms with van der Waals surface area (Å²) in [5.41, 5.74) is 2.94. The van der Waals surface area contributed by atoms with E-state index in [-0.39, 0.29) is 0 Å². The largest absolute Gasteiger partial charge is 0.493 e. The quantitative estimate of drug-likeness (QED) is 0.467. The Hall–Kier alpha value is -2.12. The van der Waals surface area contributed by atoms with Crippen molar-refractivity contribution in [2.24, 2.45) is 0 Å². The third kappa shape index (κ3) is 4.11. The molecule has 0 aliphatic rings. The number of hydrogen-bond donors (Lipinski definition) is 0. The summed E-state index contributed by atoms with van der Waals surface area (Å²) in [4.78, 5) is 13.5. The Bertz CT molecular complexity index is 860. The maximum absolute atomic E-state index is 5.51. The highest BCUT2D eigenvalue weighted by molar-refractivity contribution is 7.98. The number of methoxy groups -OCH3 is 2. The fourth-order valence-electron chi connectivity index (χ4n) is 2.46. The van der Waals surface area contributed by atoms with Crippen LogP contribution in [0.5, 0.6) is 11.5 Å². The minimum absolute atomic E-state index is 0.707. The van der Waals surface area contributed by atoms with E-state index in [4.69, 9.17) is 14.5 Å². The molecule has 0 saturated carbocycles. The second-order valence-corrected chi connectivity index (χ2v) is 7.22. The Morgan fingerprint density at radius 3 is 2.64 bits per heavy atom. The minimum Gasteiger partial charge on any atom is -0.493 e. The maximum atomic E-state index is 5.51. The number of hydrogen-bond acceptors (Lipinski definition) is 7. The van der Waals surface area contributed by atoms with Gasteiger partial charge >= 0.3 is 0 Å². The molecule has 3 aromatic rings. The Labute approximate surface area is 155 Å². The van der Waals surface area contributed by atoms with Gasteiger partial charge in [-0.1, -0.05) is 17.8 Å².